The number of ether oxygens (including phenoxy) is 3. The Kier molecular flexibility index (Phi) is 4.70. The van der Waals surface area contributed by atoms with Crippen molar-refractivity contribution in [3.63, 3.8) is 0 Å². The Hall–Kier alpha value is -3.03. The van der Waals surface area contributed by atoms with Crippen molar-refractivity contribution in [3.05, 3.63) is 35.9 Å². The maximum atomic E-state index is 12.9. The van der Waals surface area contributed by atoms with E-state index < -0.39 is 0 Å². The van der Waals surface area contributed by atoms with Crippen molar-refractivity contribution in [3.8, 4) is 17.4 Å². The third-order valence-corrected chi connectivity index (χ3v) is 4.60. The van der Waals surface area contributed by atoms with Crippen molar-refractivity contribution < 1.29 is 19.0 Å². The second kappa shape index (κ2) is 7.30. The SMILES string of the molecule is CN(C)c1ccc(OC2CCN(C(=O)c3cccc4c3OCCO4)C2)nn1. The maximum Gasteiger partial charge on any atom is 0.257 e. The first-order valence-electron chi connectivity index (χ1n) is 8.97. The van der Waals surface area contributed by atoms with Gasteiger partial charge in [0.25, 0.3) is 5.91 Å². The van der Waals surface area contributed by atoms with E-state index in [-0.39, 0.29) is 12.0 Å². The molecule has 142 valence electrons. The molecular weight excluding hydrogens is 348 g/mol. The number of carbonyl (C=O) groups is 1. The molecule has 2 aliphatic rings. The summed E-state index contributed by atoms with van der Waals surface area (Å²) in [5, 5.41) is 8.21. The monoisotopic (exact) mass is 370 g/mol. The highest BCUT2D eigenvalue weighted by Crippen LogP contribution is 2.34. The molecule has 0 bridgehead atoms. The van der Waals surface area contributed by atoms with Crippen LogP contribution in [0, 0.1) is 0 Å². The van der Waals surface area contributed by atoms with Crippen LogP contribution in [0.2, 0.25) is 0 Å². The van der Waals surface area contributed by atoms with Crippen LogP contribution in [0.1, 0.15) is 16.8 Å². The van der Waals surface area contributed by atoms with Gasteiger partial charge in [-0.2, -0.15) is 0 Å². The summed E-state index contributed by atoms with van der Waals surface area (Å²) in [5.41, 5.74) is 0.531. The van der Waals surface area contributed by atoms with Crippen LogP contribution in [0.5, 0.6) is 17.4 Å². The topological polar surface area (TPSA) is 77.0 Å². The number of aromatic nitrogens is 2. The average molecular weight is 370 g/mol. The minimum atomic E-state index is -0.106. The first kappa shape index (κ1) is 17.4. The van der Waals surface area contributed by atoms with E-state index in [2.05, 4.69) is 10.2 Å². The molecule has 0 radical (unpaired) electrons. The van der Waals surface area contributed by atoms with E-state index in [4.69, 9.17) is 14.2 Å². The van der Waals surface area contributed by atoms with Gasteiger partial charge in [0.15, 0.2) is 17.3 Å². The molecule has 0 N–H and O–H groups in total. The third-order valence-electron chi connectivity index (χ3n) is 4.60. The number of benzene rings is 1. The highest BCUT2D eigenvalue weighted by molar-refractivity contribution is 5.98. The van der Waals surface area contributed by atoms with Crippen LogP contribution in [0.25, 0.3) is 0 Å². The molecule has 1 atom stereocenters. The van der Waals surface area contributed by atoms with Crippen molar-refractivity contribution in [1.29, 1.82) is 0 Å². The fraction of sp³-hybridized carbons (Fsp3) is 0.421. The zero-order chi connectivity index (χ0) is 18.8. The predicted octanol–water partition coefficient (Wildman–Crippen LogP) is 1.61. The minimum absolute atomic E-state index is 0.0718. The zero-order valence-corrected chi connectivity index (χ0v) is 15.4. The van der Waals surface area contributed by atoms with Gasteiger partial charge in [0.1, 0.15) is 19.3 Å². The molecule has 0 aliphatic carbocycles. The number of fused-ring (bicyclic) bond motifs is 1. The van der Waals surface area contributed by atoms with Crippen LogP contribution in [-0.4, -0.2) is 67.5 Å². The van der Waals surface area contributed by atoms with Crippen molar-refractivity contribution in [2.75, 3.05) is 45.3 Å². The number of hydrogen-bond donors (Lipinski definition) is 0. The molecule has 8 heteroatoms. The summed E-state index contributed by atoms with van der Waals surface area (Å²) < 4.78 is 17.1. The van der Waals surface area contributed by atoms with Crippen molar-refractivity contribution in [1.82, 2.24) is 15.1 Å². The van der Waals surface area contributed by atoms with E-state index in [1.165, 1.54) is 0 Å². The molecule has 4 rings (SSSR count). The largest absolute Gasteiger partial charge is 0.486 e. The van der Waals surface area contributed by atoms with Gasteiger partial charge in [-0.15, -0.1) is 10.2 Å². The van der Waals surface area contributed by atoms with Crippen LogP contribution >= 0.6 is 0 Å². The molecule has 1 unspecified atom stereocenters. The first-order chi connectivity index (χ1) is 13.1. The lowest BCUT2D eigenvalue weighted by Crippen LogP contribution is -2.32. The van der Waals surface area contributed by atoms with Crippen LogP contribution < -0.4 is 19.1 Å². The molecule has 0 saturated carbocycles. The van der Waals surface area contributed by atoms with Gasteiger partial charge in [-0.25, -0.2) is 0 Å². The molecule has 8 nitrogen and oxygen atoms in total. The summed E-state index contributed by atoms with van der Waals surface area (Å²) in [7, 11) is 3.81. The number of hydrogen-bond acceptors (Lipinski definition) is 7. The smallest absolute Gasteiger partial charge is 0.257 e. The Morgan fingerprint density at radius 2 is 2.04 bits per heavy atom. The van der Waals surface area contributed by atoms with Crippen molar-refractivity contribution >= 4 is 11.7 Å². The Balaban J connectivity index is 1.41. The molecule has 1 fully saturated rings. The van der Waals surface area contributed by atoms with Crippen LogP contribution in [0.3, 0.4) is 0 Å². The van der Waals surface area contributed by atoms with Gasteiger partial charge in [-0.1, -0.05) is 6.07 Å². The zero-order valence-electron chi connectivity index (χ0n) is 15.4. The van der Waals surface area contributed by atoms with Gasteiger partial charge < -0.3 is 24.0 Å². The molecule has 0 spiro atoms. The van der Waals surface area contributed by atoms with Crippen molar-refractivity contribution in [2.24, 2.45) is 0 Å². The lowest BCUT2D eigenvalue weighted by Gasteiger charge is -2.23. The van der Waals surface area contributed by atoms with Gasteiger partial charge in [0.05, 0.1) is 12.1 Å². The number of amides is 1. The van der Waals surface area contributed by atoms with E-state index in [1.807, 2.05) is 37.2 Å². The second-order valence-corrected chi connectivity index (χ2v) is 6.73. The summed E-state index contributed by atoms with van der Waals surface area (Å²) in [4.78, 5) is 16.6. The highest BCUT2D eigenvalue weighted by Gasteiger charge is 2.31. The quantitative estimate of drug-likeness (QED) is 0.809. The number of nitrogens with zero attached hydrogens (tertiary/aromatic N) is 4. The maximum absolute atomic E-state index is 12.9. The predicted molar refractivity (Wildman–Crippen MR) is 98.7 cm³/mol. The average Bonchev–Trinajstić information content (AvgIpc) is 3.16. The molecule has 2 aromatic rings. The Labute approximate surface area is 157 Å². The summed E-state index contributed by atoms with van der Waals surface area (Å²) in [6.07, 6.45) is 0.639. The van der Waals surface area contributed by atoms with Crippen LogP contribution in [0.4, 0.5) is 5.82 Å². The van der Waals surface area contributed by atoms with E-state index in [0.29, 0.717) is 49.2 Å². The Bertz CT molecular complexity index is 825. The number of anilines is 1. The van der Waals surface area contributed by atoms with Crippen LogP contribution in [0.15, 0.2) is 30.3 Å². The van der Waals surface area contributed by atoms with E-state index >= 15 is 0 Å². The molecule has 2 aliphatic heterocycles. The molecular formula is C19H22N4O4. The molecule has 1 amide bonds. The number of para-hydroxylation sites is 1. The molecule has 27 heavy (non-hydrogen) atoms. The normalized spacial score (nSPS) is 18.3. The Morgan fingerprint density at radius 1 is 1.19 bits per heavy atom. The van der Waals surface area contributed by atoms with Crippen LogP contribution in [-0.2, 0) is 0 Å². The second-order valence-electron chi connectivity index (χ2n) is 6.73. The number of likely N-dealkylation sites (tertiary alicyclic amines) is 1. The molecule has 1 saturated heterocycles. The van der Waals surface area contributed by atoms with Gasteiger partial charge in [-0.05, 0) is 18.2 Å². The van der Waals surface area contributed by atoms with E-state index in [9.17, 15) is 4.79 Å². The van der Waals surface area contributed by atoms with Gasteiger partial charge in [0.2, 0.25) is 5.88 Å². The highest BCUT2D eigenvalue weighted by atomic mass is 16.6. The lowest BCUT2D eigenvalue weighted by atomic mass is 10.1. The Morgan fingerprint density at radius 3 is 2.81 bits per heavy atom. The summed E-state index contributed by atoms with van der Waals surface area (Å²) in [5.74, 6) is 2.31. The molecule has 1 aromatic carbocycles. The fourth-order valence-electron chi connectivity index (χ4n) is 3.21. The lowest BCUT2D eigenvalue weighted by molar-refractivity contribution is 0.0760. The van der Waals surface area contributed by atoms with E-state index in [0.717, 1.165) is 12.2 Å². The van der Waals surface area contributed by atoms with Gasteiger partial charge in [0, 0.05) is 33.1 Å². The first-order valence-corrected chi connectivity index (χ1v) is 8.97. The summed E-state index contributed by atoms with van der Waals surface area (Å²) >= 11 is 0. The third kappa shape index (κ3) is 3.60. The standard InChI is InChI=1S/C19H22N4O4/c1-22(2)16-6-7-17(21-20-16)27-13-8-9-23(12-13)19(24)14-4-3-5-15-18(14)26-11-10-25-15/h3-7,13H,8-12H2,1-2H3. The number of rotatable bonds is 4. The summed E-state index contributed by atoms with van der Waals surface area (Å²) in [6, 6.07) is 9.05. The minimum Gasteiger partial charge on any atom is -0.486 e. The summed E-state index contributed by atoms with van der Waals surface area (Å²) in [6.45, 7) is 2.07. The molecule has 3 heterocycles. The number of carbonyl (C=O) groups excluding carboxylic acids is 1. The van der Waals surface area contributed by atoms with E-state index in [1.54, 1.807) is 17.0 Å². The van der Waals surface area contributed by atoms with Crippen molar-refractivity contribution in [2.45, 2.75) is 12.5 Å². The fourth-order valence-corrected chi connectivity index (χ4v) is 3.21. The van der Waals surface area contributed by atoms with Gasteiger partial charge >= 0.3 is 0 Å². The molecule has 1 aromatic heterocycles. The van der Waals surface area contributed by atoms with Gasteiger partial charge in [-0.3, -0.25) is 4.79 Å².